The molecule has 2 aliphatic rings. The number of anilines is 1. The Kier molecular flexibility index (Phi) is 14.4. The van der Waals surface area contributed by atoms with E-state index in [1.54, 1.807) is 79.7 Å². The first kappa shape index (κ1) is 55.5. The van der Waals surface area contributed by atoms with Crippen LogP contribution < -0.4 is 26.0 Å². The van der Waals surface area contributed by atoms with E-state index in [1.165, 1.54) is 51.4 Å². The number of methoxy groups -OCH3 is 1. The minimum atomic E-state index is -1.74. The van der Waals surface area contributed by atoms with Gasteiger partial charge in [-0.2, -0.15) is 0 Å². The van der Waals surface area contributed by atoms with E-state index in [2.05, 4.69) is 20.3 Å². The highest BCUT2D eigenvalue weighted by Crippen LogP contribution is 2.44. The van der Waals surface area contributed by atoms with Gasteiger partial charge in [0, 0.05) is 60.1 Å². The van der Waals surface area contributed by atoms with Gasteiger partial charge in [0.15, 0.2) is 23.3 Å². The van der Waals surface area contributed by atoms with Crippen LogP contribution in [-0.4, -0.2) is 114 Å². The molecule has 23 nitrogen and oxygen atoms in total. The summed E-state index contributed by atoms with van der Waals surface area (Å²) in [5, 5.41) is 47.9. The molecule has 79 heavy (non-hydrogen) atoms. The number of carbonyl (C=O) groups is 4. The Bertz CT molecular complexity index is 3710. The van der Waals surface area contributed by atoms with Crippen LogP contribution in [0.1, 0.15) is 117 Å². The molecule has 0 radical (unpaired) electrons. The Hall–Kier alpha value is -8.22. The van der Waals surface area contributed by atoms with Crippen LogP contribution in [0.5, 0.6) is 23.0 Å². The first-order valence-corrected chi connectivity index (χ1v) is 25.1. The number of carbonyl (C=O) groups excluding carboxylic acids is 4. The van der Waals surface area contributed by atoms with Crippen LogP contribution in [0.3, 0.4) is 0 Å². The van der Waals surface area contributed by atoms with E-state index in [1.807, 2.05) is 0 Å². The van der Waals surface area contributed by atoms with Gasteiger partial charge in [0.05, 0.1) is 21.9 Å². The second-order valence-corrected chi connectivity index (χ2v) is 20.9. The number of ketones is 1. The maximum absolute atomic E-state index is 13.8. The fourth-order valence-electron chi connectivity index (χ4n) is 9.94. The van der Waals surface area contributed by atoms with E-state index in [0.29, 0.717) is 0 Å². The molecule has 0 saturated carbocycles. The van der Waals surface area contributed by atoms with Crippen LogP contribution in [0.4, 0.5) is 5.69 Å². The van der Waals surface area contributed by atoms with Crippen LogP contribution in [0.2, 0.25) is 0 Å². The topological polar surface area (TPSA) is 334 Å². The molecule has 2 saturated heterocycles. The number of hydrogen-bond acceptors (Lipinski definition) is 19. The molecule has 7 aromatic rings. The van der Waals surface area contributed by atoms with Gasteiger partial charge < -0.3 is 82.7 Å². The lowest BCUT2D eigenvalue weighted by Gasteiger charge is -2.50. The highest BCUT2D eigenvalue weighted by atomic mass is 16.8. The quantitative estimate of drug-likeness (QED) is 0.0242. The summed E-state index contributed by atoms with van der Waals surface area (Å²) in [6, 6.07) is 12.2. The summed E-state index contributed by atoms with van der Waals surface area (Å²) in [5.74, 6) is -6.30. The summed E-state index contributed by atoms with van der Waals surface area (Å²) in [6.45, 7) is 16.6. The van der Waals surface area contributed by atoms with Gasteiger partial charge in [-0.3, -0.25) is 9.59 Å². The molecule has 5 aromatic heterocycles. The third kappa shape index (κ3) is 10.0. The van der Waals surface area contributed by atoms with Gasteiger partial charge in [-0.05, 0) is 116 Å². The normalized spacial score (nSPS) is 22.6. The maximum atomic E-state index is 13.8. The zero-order chi connectivity index (χ0) is 57.4. The molecule has 2 aromatic carbocycles. The van der Waals surface area contributed by atoms with Gasteiger partial charge in [-0.1, -0.05) is 6.92 Å². The number of aromatic hydroxyl groups is 2. The molecule has 8 N–H and O–H groups in total. The average molecular weight is 1090 g/mol. The van der Waals surface area contributed by atoms with Crippen molar-refractivity contribution in [3.05, 3.63) is 132 Å². The largest absolute Gasteiger partial charge is 0.507 e. The molecular weight excluding hydrogens is 1030 g/mol. The minimum Gasteiger partial charge on any atom is -0.507 e. The van der Waals surface area contributed by atoms with Gasteiger partial charge >= 0.3 is 23.2 Å². The number of Topliss-reactive ketones (excluding diaryl/α,β-unsaturated/α-hetero) is 1. The SMILES string of the molecule is CO[C@]1(OC(=O)c2ccc(C)[nH]2)C[C@H](O)C(Oc2ccc3c(O)c(NC(=O)c4[nH]cc(C(=O)Cc5c(O)c6ccc(OC7OC(C)(C)[C@H](C)[C@H](OC(=O)c8ccc(C)[nH]8)[C@@H]7O)c(C)c6oc5=O)c4C)c(=O)oc3c2C)OC1(C)C. The molecule has 2 aliphatic heterocycles. The molecule has 7 atom stereocenters. The van der Waals surface area contributed by atoms with Crippen molar-refractivity contribution in [2.45, 2.75) is 130 Å². The number of rotatable bonds is 14. The number of aliphatic hydroxyl groups is 2. The third-order valence-electron chi connectivity index (χ3n) is 15.0. The van der Waals surface area contributed by atoms with E-state index in [9.17, 15) is 49.2 Å². The summed E-state index contributed by atoms with van der Waals surface area (Å²) in [7, 11) is 1.32. The van der Waals surface area contributed by atoms with Crippen LogP contribution in [-0.2, 0) is 30.1 Å². The smallest absolute Gasteiger partial charge is 0.364 e. The number of aryl methyl sites for hydroxylation is 4. The molecule has 0 bridgehead atoms. The van der Waals surface area contributed by atoms with Crippen molar-refractivity contribution in [2.24, 2.45) is 5.92 Å². The highest BCUT2D eigenvalue weighted by Gasteiger charge is 2.59. The lowest BCUT2D eigenvalue weighted by molar-refractivity contribution is -0.368. The van der Waals surface area contributed by atoms with Crippen LogP contribution in [0.25, 0.3) is 21.9 Å². The number of hydrogen-bond donors (Lipinski definition) is 8. The van der Waals surface area contributed by atoms with Gasteiger partial charge in [0.25, 0.3) is 5.91 Å². The van der Waals surface area contributed by atoms with Crippen LogP contribution in [0.15, 0.2) is 73.2 Å². The van der Waals surface area contributed by atoms with Crippen molar-refractivity contribution in [3.63, 3.8) is 0 Å². The van der Waals surface area contributed by atoms with E-state index < -0.39 is 112 Å². The fourth-order valence-corrected chi connectivity index (χ4v) is 9.94. The molecule has 1 amide bonds. The number of aromatic nitrogens is 3. The van der Waals surface area contributed by atoms with E-state index in [-0.39, 0.29) is 84.8 Å². The summed E-state index contributed by atoms with van der Waals surface area (Å²) >= 11 is 0. The first-order chi connectivity index (χ1) is 37.1. The monoisotopic (exact) mass is 1090 g/mol. The Balaban J connectivity index is 0.876. The van der Waals surface area contributed by atoms with Crippen molar-refractivity contribution in [1.29, 1.82) is 0 Å². The predicted molar refractivity (Wildman–Crippen MR) is 280 cm³/mol. The number of amides is 1. The number of ether oxygens (including phenoxy) is 7. The number of aromatic amines is 3. The zero-order valence-corrected chi connectivity index (χ0v) is 45.0. The van der Waals surface area contributed by atoms with Crippen molar-refractivity contribution in [2.75, 3.05) is 12.4 Å². The lowest BCUT2D eigenvalue weighted by Crippen LogP contribution is -2.65. The molecule has 9 rings (SSSR count). The number of esters is 2. The summed E-state index contributed by atoms with van der Waals surface area (Å²) in [5.41, 5.74) is -3.60. The van der Waals surface area contributed by atoms with Crippen LogP contribution >= 0.6 is 0 Å². The second kappa shape index (κ2) is 20.5. The fraction of sp³-hybridized carbons (Fsp3) is 0.393. The van der Waals surface area contributed by atoms with E-state index in [4.69, 9.17) is 42.0 Å². The Labute approximate surface area is 449 Å². The Morgan fingerprint density at radius 1 is 0.734 bits per heavy atom. The summed E-state index contributed by atoms with van der Waals surface area (Å²) in [4.78, 5) is 89.1. The minimum absolute atomic E-state index is 0.00498. The van der Waals surface area contributed by atoms with Crippen molar-refractivity contribution in [3.8, 4) is 23.0 Å². The Morgan fingerprint density at radius 3 is 1.89 bits per heavy atom. The predicted octanol–water partition coefficient (Wildman–Crippen LogP) is 6.72. The first-order valence-electron chi connectivity index (χ1n) is 25.1. The van der Waals surface area contributed by atoms with Crippen molar-refractivity contribution < 1.29 is 81.6 Å². The number of H-pyrrole nitrogens is 3. The summed E-state index contributed by atoms with van der Waals surface area (Å²) < 4.78 is 53.0. The molecule has 418 valence electrons. The van der Waals surface area contributed by atoms with Crippen molar-refractivity contribution >= 4 is 51.3 Å². The molecule has 7 heterocycles. The maximum Gasteiger partial charge on any atom is 0.364 e. The van der Waals surface area contributed by atoms with E-state index >= 15 is 0 Å². The number of aliphatic hydroxyl groups excluding tert-OH is 2. The lowest BCUT2D eigenvalue weighted by atomic mass is 9.82. The molecule has 23 heteroatoms. The van der Waals surface area contributed by atoms with E-state index in [0.717, 1.165) is 11.4 Å². The number of fused-ring (bicyclic) bond motifs is 2. The molecule has 2 unspecified atom stereocenters. The average Bonchev–Trinajstić information content (AvgIpc) is 4.22. The van der Waals surface area contributed by atoms with Gasteiger partial charge in [0.1, 0.15) is 63.3 Å². The number of benzene rings is 2. The van der Waals surface area contributed by atoms with Gasteiger partial charge in [0.2, 0.25) is 18.4 Å². The summed E-state index contributed by atoms with van der Waals surface area (Å²) in [6.07, 6.45) is -6.33. The Morgan fingerprint density at radius 2 is 1.30 bits per heavy atom. The molecule has 2 fully saturated rings. The highest BCUT2D eigenvalue weighted by molar-refractivity contribution is 6.09. The van der Waals surface area contributed by atoms with Gasteiger partial charge in [-0.25, -0.2) is 19.2 Å². The van der Waals surface area contributed by atoms with Crippen LogP contribution in [0, 0.1) is 40.5 Å². The second-order valence-electron chi connectivity index (χ2n) is 20.9. The van der Waals surface area contributed by atoms with Gasteiger partial charge in [-0.15, -0.1) is 0 Å². The standard InChI is InChI=1S/C56H60N4O19/c1-23-12-16-33(58-23)49(68)76-46-28(6)54(7,8)78-53(43(46)65)73-38-18-14-29-41(63)31(48(67)74-44(29)27(38)5)20-35(61)32-22-57-39(25(32)3)47(66)60-40-42(64)30-15-19-37(26(4)45(30)75-51(40)70)72-52-36(62)21-56(71-11,55(9,10)79-52)77-50(69)34-17-13-24(2)59-34/h12-19,22,28,36,43,46,52-53,57-59,62-65H,20-21H2,1-11H3,(H,60,66)/t28-,36+,43+,46+,52?,53?,56+/m1/s1. The third-order valence-corrected chi connectivity index (χ3v) is 15.0. The molecule has 0 spiro atoms. The number of nitrogens with one attached hydrogen (secondary N) is 4. The van der Waals surface area contributed by atoms with Crippen molar-refractivity contribution in [1.82, 2.24) is 15.0 Å². The molecular formula is C56H60N4O19. The zero-order valence-electron chi connectivity index (χ0n) is 45.0. The molecule has 0 aliphatic carbocycles.